The van der Waals surface area contributed by atoms with E-state index in [1.165, 1.54) is 69.3 Å². The van der Waals surface area contributed by atoms with Crippen LogP contribution in [0.2, 0.25) is 0 Å². The van der Waals surface area contributed by atoms with Gasteiger partial charge in [0, 0.05) is 6.42 Å². The minimum absolute atomic E-state index is 0.336. The van der Waals surface area contributed by atoms with Gasteiger partial charge in [-0.3, -0.25) is 4.79 Å². The standard InChI is InChI=1S/C16H32O2S/c1-2-3-4-5-6-7-8-11-14-19-15-12-9-10-13-16(17)18/h2-15H2,1H3,(H,17,18). The molecule has 0 atom stereocenters. The molecular weight excluding hydrogens is 256 g/mol. The molecule has 0 aromatic carbocycles. The summed E-state index contributed by atoms with van der Waals surface area (Å²) in [6.07, 6.45) is 14.6. The van der Waals surface area contributed by atoms with Gasteiger partial charge < -0.3 is 5.11 Å². The quantitative estimate of drug-likeness (QED) is 0.404. The lowest BCUT2D eigenvalue weighted by Gasteiger charge is -2.02. The Morgan fingerprint density at radius 1 is 0.789 bits per heavy atom. The van der Waals surface area contributed by atoms with Gasteiger partial charge in [0.1, 0.15) is 0 Å². The van der Waals surface area contributed by atoms with Gasteiger partial charge in [-0.25, -0.2) is 0 Å². The van der Waals surface area contributed by atoms with E-state index in [1.54, 1.807) is 0 Å². The third-order valence-electron chi connectivity index (χ3n) is 3.32. The molecule has 0 fully saturated rings. The maximum absolute atomic E-state index is 10.3. The second-order valence-corrected chi connectivity index (χ2v) is 6.52. The van der Waals surface area contributed by atoms with Crippen molar-refractivity contribution in [1.29, 1.82) is 0 Å². The highest BCUT2D eigenvalue weighted by atomic mass is 32.2. The summed E-state index contributed by atoms with van der Waals surface area (Å²) in [5.74, 6) is 1.83. The second-order valence-electron chi connectivity index (χ2n) is 5.29. The molecule has 0 bridgehead atoms. The second kappa shape index (κ2) is 15.9. The predicted octanol–water partition coefficient (Wildman–Crippen LogP) is 5.51. The molecule has 2 nitrogen and oxygen atoms in total. The van der Waals surface area contributed by atoms with Crippen LogP contribution < -0.4 is 0 Å². The molecule has 19 heavy (non-hydrogen) atoms. The molecule has 0 aromatic heterocycles. The SMILES string of the molecule is CCCCCCCCCCSCCCCCC(=O)O. The summed E-state index contributed by atoms with van der Waals surface area (Å²) in [7, 11) is 0. The summed E-state index contributed by atoms with van der Waals surface area (Å²) < 4.78 is 0. The average Bonchev–Trinajstić information content (AvgIpc) is 2.39. The third kappa shape index (κ3) is 17.8. The highest BCUT2D eigenvalue weighted by molar-refractivity contribution is 7.99. The lowest BCUT2D eigenvalue weighted by molar-refractivity contribution is -0.137. The smallest absolute Gasteiger partial charge is 0.303 e. The molecule has 0 saturated heterocycles. The zero-order valence-electron chi connectivity index (χ0n) is 12.7. The van der Waals surface area contributed by atoms with Gasteiger partial charge in [-0.2, -0.15) is 11.8 Å². The number of thioether (sulfide) groups is 1. The Kier molecular flexibility index (Phi) is 15.7. The summed E-state index contributed by atoms with van der Waals surface area (Å²) in [5, 5.41) is 8.50. The van der Waals surface area contributed by atoms with Crippen molar-refractivity contribution >= 4 is 17.7 Å². The van der Waals surface area contributed by atoms with E-state index in [-0.39, 0.29) is 0 Å². The van der Waals surface area contributed by atoms with Crippen LogP contribution in [-0.4, -0.2) is 22.6 Å². The van der Waals surface area contributed by atoms with E-state index < -0.39 is 5.97 Å². The number of hydrogen-bond acceptors (Lipinski definition) is 2. The fraction of sp³-hybridized carbons (Fsp3) is 0.938. The number of unbranched alkanes of at least 4 members (excludes halogenated alkanes) is 9. The first-order valence-corrected chi connectivity index (χ1v) is 9.22. The van der Waals surface area contributed by atoms with Gasteiger partial charge in [0.2, 0.25) is 0 Å². The van der Waals surface area contributed by atoms with Crippen LogP contribution in [0.25, 0.3) is 0 Å². The maximum Gasteiger partial charge on any atom is 0.303 e. The fourth-order valence-corrected chi connectivity index (χ4v) is 3.12. The lowest BCUT2D eigenvalue weighted by Crippen LogP contribution is -1.94. The maximum atomic E-state index is 10.3. The van der Waals surface area contributed by atoms with Crippen LogP contribution >= 0.6 is 11.8 Å². The molecule has 0 spiro atoms. The highest BCUT2D eigenvalue weighted by Gasteiger charge is 1.97. The summed E-state index contributed by atoms with van der Waals surface area (Å²) in [6.45, 7) is 2.26. The topological polar surface area (TPSA) is 37.3 Å². The number of aliphatic carboxylic acids is 1. The largest absolute Gasteiger partial charge is 0.481 e. The molecule has 0 aliphatic heterocycles. The normalized spacial score (nSPS) is 10.8. The van der Waals surface area contributed by atoms with Crippen LogP contribution in [0.5, 0.6) is 0 Å². The van der Waals surface area contributed by atoms with Gasteiger partial charge >= 0.3 is 5.97 Å². The Labute approximate surface area is 123 Å². The molecule has 114 valence electrons. The highest BCUT2D eigenvalue weighted by Crippen LogP contribution is 2.13. The van der Waals surface area contributed by atoms with Crippen LogP contribution in [0.15, 0.2) is 0 Å². The summed E-state index contributed by atoms with van der Waals surface area (Å²) in [5.41, 5.74) is 0. The minimum atomic E-state index is -0.661. The van der Waals surface area contributed by atoms with E-state index in [4.69, 9.17) is 5.11 Å². The molecule has 0 unspecified atom stereocenters. The van der Waals surface area contributed by atoms with Crippen molar-refractivity contribution < 1.29 is 9.90 Å². The fourth-order valence-electron chi connectivity index (χ4n) is 2.10. The van der Waals surface area contributed by atoms with Crippen molar-refractivity contribution in [2.24, 2.45) is 0 Å². The number of hydrogen-bond donors (Lipinski definition) is 1. The van der Waals surface area contributed by atoms with Crippen LogP contribution in [-0.2, 0) is 4.79 Å². The number of rotatable bonds is 15. The molecule has 3 heteroatoms. The van der Waals surface area contributed by atoms with Gasteiger partial charge in [0.05, 0.1) is 0 Å². The van der Waals surface area contributed by atoms with Gasteiger partial charge in [0.15, 0.2) is 0 Å². The van der Waals surface area contributed by atoms with Crippen LogP contribution in [0.4, 0.5) is 0 Å². The summed E-state index contributed by atoms with van der Waals surface area (Å²) >= 11 is 2.04. The Hall–Kier alpha value is -0.180. The predicted molar refractivity (Wildman–Crippen MR) is 86.0 cm³/mol. The van der Waals surface area contributed by atoms with Crippen LogP contribution in [0.1, 0.15) is 84.0 Å². The van der Waals surface area contributed by atoms with Gasteiger partial charge in [0.25, 0.3) is 0 Å². The van der Waals surface area contributed by atoms with Gasteiger partial charge in [-0.05, 0) is 30.8 Å². The van der Waals surface area contributed by atoms with Crippen molar-refractivity contribution in [2.45, 2.75) is 84.0 Å². The summed E-state index contributed by atoms with van der Waals surface area (Å²) in [6, 6.07) is 0. The van der Waals surface area contributed by atoms with Crippen LogP contribution in [0, 0.1) is 0 Å². The molecule has 1 N–H and O–H groups in total. The monoisotopic (exact) mass is 288 g/mol. The van der Waals surface area contributed by atoms with Crippen molar-refractivity contribution in [1.82, 2.24) is 0 Å². The third-order valence-corrected chi connectivity index (χ3v) is 4.48. The minimum Gasteiger partial charge on any atom is -0.481 e. The van der Waals surface area contributed by atoms with E-state index in [1.807, 2.05) is 11.8 Å². The van der Waals surface area contributed by atoms with E-state index in [2.05, 4.69) is 6.92 Å². The van der Waals surface area contributed by atoms with E-state index in [9.17, 15) is 4.79 Å². The number of carboxylic acid groups (broad SMARTS) is 1. The van der Waals surface area contributed by atoms with Gasteiger partial charge in [-0.15, -0.1) is 0 Å². The van der Waals surface area contributed by atoms with Crippen molar-refractivity contribution in [2.75, 3.05) is 11.5 Å². The van der Waals surface area contributed by atoms with E-state index in [0.29, 0.717) is 6.42 Å². The first-order chi connectivity index (χ1) is 9.27. The lowest BCUT2D eigenvalue weighted by atomic mass is 10.1. The first-order valence-electron chi connectivity index (χ1n) is 8.07. The van der Waals surface area contributed by atoms with Crippen LogP contribution in [0.3, 0.4) is 0 Å². The zero-order chi connectivity index (χ0) is 14.2. The molecule has 0 heterocycles. The molecule has 0 saturated carbocycles. The molecule has 0 amide bonds. The van der Waals surface area contributed by atoms with Gasteiger partial charge in [-0.1, -0.05) is 58.3 Å². The average molecular weight is 288 g/mol. The number of carboxylic acids is 1. The molecule has 0 radical (unpaired) electrons. The Morgan fingerprint density at radius 3 is 1.79 bits per heavy atom. The number of carbonyl (C=O) groups is 1. The van der Waals surface area contributed by atoms with E-state index >= 15 is 0 Å². The van der Waals surface area contributed by atoms with Crippen molar-refractivity contribution in [3.63, 3.8) is 0 Å². The Morgan fingerprint density at radius 2 is 1.26 bits per heavy atom. The Balaban J connectivity index is 2.93. The van der Waals surface area contributed by atoms with Crippen molar-refractivity contribution in [3.8, 4) is 0 Å². The van der Waals surface area contributed by atoms with Crippen molar-refractivity contribution in [3.05, 3.63) is 0 Å². The molecule has 0 aliphatic carbocycles. The molecule has 0 rings (SSSR count). The first kappa shape index (κ1) is 18.8. The zero-order valence-corrected chi connectivity index (χ0v) is 13.5. The Bertz CT molecular complexity index is 195. The molecular formula is C16H32O2S. The van der Waals surface area contributed by atoms with E-state index in [0.717, 1.165) is 12.8 Å². The molecule has 0 aliphatic rings. The summed E-state index contributed by atoms with van der Waals surface area (Å²) in [4.78, 5) is 10.3. The molecule has 0 aromatic rings.